The standard InChI is InChI=1S/C8H13NO4/c1-3-4-13-7(10)6(2)5-9-8(11)12/h5,9H,3-4H2,1-2H3,(H,11,12). The number of amides is 1. The fourth-order valence-electron chi connectivity index (χ4n) is 0.538. The van der Waals surface area contributed by atoms with Gasteiger partial charge in [0.2, 0.25) is 0 Å². The molecule has 0 aliphatic rings. The van der Waals surface area contributed by atoms with Crippen molar-refractivity contribution in [1.82, 2.24) is 5.32 Å². The molecule has 5 nitrogen and oxygen atoms in total. The second-order valence-corrected chi connectivity index (χ2v) is 2.41. The highest BCUT2D eigenvalue weighted by Crippen LogP contribution is 1.95. The number of rotatable bonds is 4. The van der Waals surface area contributed by atoms with Gasteiger partial charge in [-0.1, -0.05) is 6.92 Å². The van der Waals surface area contributed by atoms with E-state index in [1.54, 1.807) is 0 Å². The molecule has 0 aromatic rings. The van der Waals surface area contributed by atoms with E-state index >= 15 is 0 Å². The first-order chi connectivity index (χ1) is 6.07. The van der Waals surface area contributed by atoms with Gasteiger partial charge in [0.1, 0.15) is 0 Å². The minimum Gasteiger partial charge on any atom is -0.465 e. The van der Waals surface area contributed by atoms with Crippen LogP contribution in [0.1, 0.15) is 20.3 Å². The smallest absolute Gasteiger partial charge is 0.408 e. The summed E-state index contributed by atoms with van der Waals surface area (Å²) < 4.78 is 4.75. The Hall–Kier alpha value is -1.52. The van der Waals surface area contributed by atoms with Gasteiger partial charge >= 0.3 is 12.1 Å². The number of hydrogen-bond acceptors (Lipinski definition) is 3. The van der Waals surface area contributed by atoms with Crippen LogP contribution in [0.15, 0.2) is 11.8 Å². The Kier molecular flexibility index (Phi) is 5.34. The maximum atomic E-state index is 11.0. The average Bonchev–Trinajstić information content (AvgIpc) is 2.10. The van der Waals surface area contributed by atoms with Gasteiger partial charge in [0.25, 0.3) is 0 Å². The van der Waals surface area contributed by atoms with Gasteiger partial charge < -0.3 is 9.84 Å². The predicted octanol–water partition coefficient (Wildman–Crippen LogP) is 1.11. The Morgan fingerprint density at radius 1 is 1.54 bits per heavy atom. The summed E-state index contributed by atoms with van der Waals surface area (Å²) in [4.78, 5) is 21.0. The lowest BCUT2D eigenvalue weighted by molar-refractivity contribution is -0.139. The molecule has 0 radical (unpaired) electrons. The van der Waals surface area contributed by atoms with E-state index in [1.165, 1.54) is 6.92 Å². The largest absolute Gasteiger partial charge is 0.465 e. The molecule has 0 aliphatic heterocycles. The van der Waals surface area contributed by atoms with Crippen LogP contribution in [0.5, 0.6) is 0 Å². The van der Waals surface area contributed by atoms with Gasteiger partial charge in [0.05, 0.1) is 12.2 Å². The lowest BCUT2D eigenvalue weighted by atomic mass is 10.3. The molecule has 0 bridgehead atoms. The van der Waals surface area contributed by atoms with E-state index in [2.05, 4.69) is 0 Å². The molecule has 74 valence electrons. The van der Waals surface area contributed by atoms with Gasteiger partial charge in [-0.05, 0) is 13.3 Å². The molecule has 2 N–H and O–H groups in total. The zero-order valence-corrected chi connectivity index (χ0v) is 7.66. The molecule has 0 fully saturated rings. The fourth-order valence-corrected chi connectivity index (χ4v) is 0.538. The molecule has 0 saturated heterocycles. The second kappa shape index (κ2) is 6.05. The van der Waals surface area contributed by atoms with Crippen molar-refractivity contribution in [2.75, 3.05) is 6.61 Å². The zero-order valence-electron chi connectivity index (χ0n) is 7.66. The van der Waals surface area contributed by atoms with Gasteiger partial charge in [0, 0.05) is 6.20 Å². The van der Waals surface area contributed by atoms with Crippen LogP contribution >= 0.6 is 0 Å². The molecule has 5 heteroatoms. The van der Waals surface area contributed by atoms with Crippen LogP contribution in [0, 0.1) is 0 Å². The van der Waals surface area contributed by atoms with E-state index in [0.29, 0.717) is 6.61 Å². The fraction of sp³-hybridized carbons (Fsp3) is 0.500. The van der Waals surface area contributed by atoms with Crippen LogP contribution < -0.4 is 5.32 Å². The molecular weight excluding hydrogens is 174 g/mol. The number of hydrogen-bond donors (Lipinski definition) is 2. The van der Waals surface area contributed by atoms with Crippen molar-refractivity contribution in [1.29, 1.82) is 0 Å². The van der Waals surface area contributed by atoms with Gasteiger partial charge in [-0.25, -0.2) is 9.59 Å². The molecule has 1 amide bonds. The third-order valence-corrected chi connectivity index (χ3v) is 1.17. The number of nitrogens with one attached hydrogen (secondary N) is 1. The Morgan fingerprint density at radius 3 is 2.62 bits per heavy atom. The maximum absolute atomic E-state index is 11.0. The van der Waals surface area contributed by atoms with Crippen molar-refractivity contribution in [3.05, 3.63) is 11.8 Å². The summed E-state index contributed by atoms with van der Waals surface area (Å²) in [5, 5.41) is 10.2. The monoisotopic (exact) mass is 187 g/mol. The Bertz CT molecular complexity index is 222. The Balaban J connectivity index is 3.93. The lowest BCUT2D eigenvalue weighted by Crippen LogP contribution is -2.16. The highest BCUT2D eigenvalue weighted by molar-refractivity contribution is 5.88. The molecule has 0 unspecified atom stereocenters. The Morgan fingerprint density at radius 2 is 2.15 bits per heavy atom. The summed E-state index contributed by atoms with van der Waals surface area (Å²) in [6, 6.07) is 0. The Labute approximate surface area is 76.4 Å². The summed E-state index contributed by atoms with van der Waals surface area (Å²) in [7, 11) is 0. The summed E-state index contributed by atoms with van der Waals surface area (Å²) >= 11 is 0. The minimum absolute atomic E-state index is 0.232. The molecule has 0 aromatic carbocycles. The second-order valence-electron chi connectivity index (χ2n) is 2.41. The minimum atomic E-state index is -1.21. The molecule has 0 spiro atoms. The third-order valence-electron chi connectivity index (χ3n) is 1.17. The highest BCUT2D eigenvalue weighted by atomic mass is 16.5. The van der Waals surface area contributed by atoms with Gasteiger partial charge in [-0.3, -0.25) is 5.32 Å². The maximum Gasteiger partial charge on any atom is 0.408 e. The van der Waals surface area contributed by atoms with Crippen LogP contribution in [0.3, 0.4) is 0 Å². The predicted molar refractivity (Wildman–Crippen MR) is 46.2 cm³/mol. The van der Waals surface area contributed by atoms with E-state index in [1.807, 2.05) is 12.2 Å². The molecule has 0 atom stereocenters. The molecule has 0 rings (SSSR count). The quantitative estimate of drug-likeness (QED) is 0.510. The normalized spacial score (nSPS) is 10.8. The van der Waals surface area contributed by atoms with Crippen molar-refractivity contribution >= 4 is 12.1 Å². The first kappa shape index (κ1) is 11.5. The first-order valence-corrected chi connectivity index (χ1v) is 3.91. The van der Waals surface area contributed by atoms with Gasteiger partial charge in [0.15, 0.2) is 0 Å². The van der Waals surface area contributed by atoms with Crippen molar-refractivity contribution in [3.8, 4) is 0 Å². The van der Waals surface area contributed by atoms with Crippen molar-refractivity contribution in [3.63, 3.8) is 0 Å². The summed E-state index contributed by atoms with van der Waals surface area (Å²) in [5.74, 6) is -0.504. The van der Waals surface area contributed by atoms with Crippen molar-refractivity contribution in [2.45, 2.75) is 20.3 Å². The van der Waals surface area contributed by atoms with Crippen LogP contribution in [0.25, 0.3) is 0 Å². The van der Waals surface area contributed by atoms with Crippen LogP contribution in [0.4, 0.5) is 4.79 Å². The van der Waals surface area contributed by atoms with E-state index in [9.17, 15) is 9.59 Å². The van der Waals surface area contributed by atoms with Gasteiger partial charge in [-0.15, -0.1) is 0 Å². The van der Waals surface area contributed by atoms with Crippen molar-refractivity contribution in [2.24, 2.45) is 0 Å². The SMILES string of the molecule is CCCOC(=O)C(C)=CNC(=O)O. The number of carboxylic acid groups (broad SMARTS) is 1. The zero-order chi connectivity index (χ0) is 10.3. The van der Waals surface area contributed by atoms with Crippen molar-refractivity contribution < 1.29 is 19.4 Å². The van der Waals surface area contributed by atoms with Crippen LogP contribution in [-0.4, -0.2) is 23.8 Å². The topological polar surface area (TPSA) is 75.6 Å². The molecular formula is C8H13NO4. The molecule has 0 aliphatic carbocycles. The molecule has 0 aromatic heterocycles. The molecule has 0 heterocycles. The van der Waals surface area contributed by atoms with E-state index in [-0.39, 0.29) is 5.57 Å². The number of carbonyl (C=O) groups is 2. The number of esters is 1. The summed E-state index contributed by atoms with van der Waals surface area (Å²) in [6.07, 6.45) is 0.633. The summed E-state index contributed by atoms with van der Waals surface area (Å²) in [5.41, 5.74) is 0.232. The lowest BCUT2D eigenvalue weighted by Gasteiger charge is -2.02. The highest BCUT2D eigenvalue weighted by Gasteiger charge is 2.04. The van der Waals surface area contributed by atoms with E-state index < -0.39 is 12.1 Å². The molecule has 0 saturated carbocycles. The number of ether oxygens (including phenoxy) is 1. The average molecular weight is 187 g/mol. The number of carbonyl (C=O) groups excluding carboxylic acids is 1. The molecule has 13 heavy (non-hydrogen) atoms. The van der Waals surface area contributed by atoms with Gasteiger partial charge in [-0.2, -0.15) is 0 Å². The van der Waals surface area contributed by atoms with E-state index in [0.717, 1.165) is 12.6 Å². The van der Waals surface area contributed by atoms with E-state index in [4.69, 9.17) is 9.84 Å². The first-order valence-electron chi connectivity index (χ1n) is 3.91. The third kappa shape index (κ3) is 5.72. The summed E-state index contributed by atoms with van der Waals surface area (Å²) in [6.45, 7) is 3.70. The van der Waals surface area contributed by atoms with Crippen LogP contribution in [-0.2, 0) is 9.53 Å². The van der Waals surface area contributed by atoms with Crippen LogP contribution in [0.2, 0.25) is 0 Å².